The van der Waals surface area contributed by atoms with Crippen LogP contribution in [0.4, 0.5) is 0 Å². The molecular formula is C32H60O4Si2. The molecule has 3 saturated carbocycles. The molecule has 38 heavy (non-hydrogen) atoms. The van der Waals surface area contributed by atoms with Gasteiger partial charge in [0.2, 0.25) is 0 Å². The van der Waals surface area contributed by atoms with Gasteiger partial charge in [-0.15, -0.1) is 0 Å². The van der Waals surface area contributed by atoms with Gasteiger partial charge in [-0.2, -0.15) is 0 Å². The third kappa shape index (κ3) is 4.89. The van der Waals surface area contributed by atoms with Crippen LogP contribution < -0.4 is 0 Å². The van der Waals surface area contributed by atoms with Crippen LogP contribution in [0.1, 0.15) is 100 Å². The zero-order valence-electron chi connectivity index (χ0n) is 26.8. The molecule has 0 amide bonds. The number of aliphatic hydroxyl groups is 2. The maximum atomic E-state index is 12.2. The minimum atomic E-state index is -1.90. The highest BCUT2D eigenvalue weighted by atomic mass is 28.4. The van der Waals surface area contributed by atoms with Crippen molar-refractivity contribution in [3.63, 3.8) is 0 Å². The van der Waals surface area contributed by atoms with Gasteiger partial charge in [0.25, 0.3) is 0 Å². The van der Waals surface area contributed by atoms with E-state index >= 15 is 0 Å². The van der Waals surface area contributed by atoms with E-state index in [4.69, 9.17) is 8.85 Å². The van der Waals surface area contributed by atoms with E-state index in [1.54, 1.807) is 0 Å². The SMILES string of the molecule is CC(C)(C)[Si](C)(C)O[C@H]1CC[C@@]2(C)C(=C[C@](O)(CO)C3C2CC[C@@]2(C)C3CC[C@@H]2O[Si](C)(C)C(C)(C)C)C1. The predicted octanol–water partition coefficient (Wildman–Crippen LogP) is 8.06. The average molecular weight is 565 g/mol. The number of aliphatic hydroxyl groups excluding tert-OH is 1. The fourth-order valence-electron chi connectivity index (χ4n) is 8.32. The number of hydrogen-bond donors (Lipinski definition) is 2. The minimum Gasteiger partial charge on any atom is -0.414 e. The van der Waals surface area contributed by atoms with Gasteiger partial charge >= 0.3 is 0 Å². The molecule has 220 valence electrons. The molecule has 4 aliphatic rings. The Morgan fingerprint density at radius 1 is 0.842 bits per heavy atom. The molecule has 6 heteroatoms. The van der Waals surface area contributed by atoms with Crippen molar-refractivity contribution in [3.05, 3.63) is 11.6 Å². The third-order valence-electron chi connectivity index (χ3n) is 12.9. The van der Waals surface area contributed by atoms with Gasteiger partial charge in [0.05, 0.1) is 12.7 Å². The third-order valence-corrected chi connectivity index (χ3v) is 22.0. The fourth-order valence-corrected chi connectivity index (χ4v) is 11.2. The molecule has 3 fully saturated rings. The topological polar surface area (TPSA) is 58.9 Å². The van der Waals surface area contributed by atoms with Gasteiger partial charge in [-0.3, -0.25) is 0 Å². The molecule has 4 aliphatic carbocycles. The van der Waals surface area contributed by atoms with Crippen molar-refractivity contribution >= 4 is 16.6 Å². The van der Waals surface area contributed by atoms with Gasteiger partial charge in [-0.1, -0.05) is 67.0 Å². The summed E-state index contributed by atoms with van der Waals surface area (Å²) >= 11 is 0. The standard InChI is InChI=1S/C32H60O4Si2/c1-28(2,3)37(9,10)35-23-15-17-30(7)22(19-23)20-32(34,21-33)27-24-13-14-26(31(24,8)18-16-25(27)30)36-38(11,12)29(4,5)6/h20,23-27,33-34H,13-19,21H2,1-12H3/t23-,24?,25?,26-,27?,30-,31-,32-/m0/s1. The summed E-state index contributed by atoms with van der Waals surface area (Å²) in [5, 5.41) is 23.3. The Bertz CT molecular complexity index is 931. The van der Waals surface area contributed by atoms with Crippen molar-refractivity contribution in [1.82, 2.24) is 0 Å². The van der Waals surface area contributed by atoms with Crippen molar-refractivity contribution in [2.75, 3.05) is 6.61 Å². The molecule has 2 N–H and O–H groups in total. The first kappa shape index (κ1) is 31.0. The van der Waals surface area contributed by atoms with Crippen LogP contribution in [0.5, 0.6) is 0 Å². The molecule has 0 saturated heterocycles. The molecule has 0 aromatic heterocycles. The largest absolute Gasteiger partial charge is 0.414 e. The van der Waals surface area contributed by atoms with E-state index in [9.17, 15) is 10.2 Å². The first-order chi connectivity index (χ1) is 17.1. The molecule has 4 rings (SSSR count). The summed E-state index contributed by atoms with van der Waals surface area (Å²) in [6.45, 7) is 28.1. The lowest BCUT2D eigenvalue weighted by atomic mass is 9.45. The lowest BCUT2D eigenvalue weighted by Crippen LogP contribution is -2.62. The molecule has 0 aliphatic heterocycles. The van der Waals surface area contributed by atoms with Crippen LogP contribution in [0, 0.1) is 28.6 Å². The summed E-state index contributed by atoms with van der Waals surface area (Å²) in [5.41, 5.74) is 0.334. The summed E-state index contributed by atoms with van der Waals surface area (Å²) in [6.07, 6.45) is 10.2. The summed E-state index contributed by atoms with van der Waals surface area (Å²) in [7, 11) is -3.77. The van der Waals surface area contributed by atoms with Crippen LogP contribution in [0.2, 0.25) is 36.3 Å². The Morgan fingerprint density at radius 3 is 1.97 bits per heavy atom. The molecular weight excluding hydrogens is 505 g/mol. The Kier molecular flexibility index (Phi) is 7.76. The monoisotopic (exact) mass is 564 g/mol. The maximum absolute atomic E-state index is 12.2. The van der Waals surface area contributed by atoms with E-state index in [2.05, 4.69) is 87.7 Å². The Hall–Kier alpha value is 0.0138. The molecule has 3 unspecified atom stereocenters. The van der Waals surface area contributed by atoms with E-state index in [-0.39, 0.29) is 45.6 Å². The highest BCUT2D eigenvalue weighted by molar-refractivity contribution is 6.74. The number of fused-ring (bicyclic) bond motifs is 5. The predicted molar refractivity (Wildman–Crippen MR) is 163 cm³/mol. The first-order valence-electron chi connectivity index (χ1n) is 15.5. The van der Waals surface area contributed by atoms with Crippen LogP contribution >= 0.6 is 0 Å². The normalized spacial score (nSPS) is 42.3. The van der Waals surface area contributed by atoms with E-state index in [1.165, 1.54) is 5.57 Å². The minimum absolute atomic E-state index is 0.0597. The molecule has 0 aromatic carbocycles. The molecule has 0 heterocycles. The van der Waals surface area contributed by atoms with Crippen LogP contribution in [-0.2, 0) is 8.85 Å². The second-order valence-electron chi connectivity index (χ2n) is 17.2. The lowest BCUT2D eigenvalue weighted by molar-refractivity contribution is -0.156. The van der Waals surface area contributed by atoms with Crippen molar-refractivity contribution in [3.8, 4) is 0 Å². The van der Waals surface area contributed by atoms with Gasteiger partial charge < -0.3 is 19.1 Å². The van der Waals surface area contributed by atoms with Crippen molar-refractivity contribution in [2.45, 2.75) is 154 Å². The van der Waals surface area contributed by atoms with Gasteiger partial charge in [-0.25, -0.2) is 0 Å². The zero-order valence-corrected chi connectivity index (χ0v) is 28.8. The molecule has 4 nitrogen and oxygen atoms in total. The summed E-state index contributed by atoms with van der Waals surface area (Å²) in [4.78, 5) is 0. The van der Waals surface area contributed by atoms with Gasteiger partial charge in [0.15, 0.2) is 16.6 Å². The van der Waals surface area contributed by atoms with Gasteiger partial charge in [0, 0.05) is 12.0 Å². The van der Waals surface area contributed by atoms with Crippen molar-refractivity contribution < 1.29 is 19.1 Å². The van der Waals surface area contributed by atoms with Crippen LogP contribution in [0.25, 0.3) is 0 Å². The average Bonchev–Trinajstić information content (AvgIpc) is 3.08. The second-order valence-corrected chi connectivity index (χ2v) is 26.7. The second kappa shape index (κ2) is 9.52. The Labute approximate surface area is 236 Å². The Balaban J connectivity index is 1.63. The quantitative estimate of drug-likeness (QED) is 0.262. The van der Waals surface area contributed by atoms with Crippen molar-refractivity contribution in [2.24, 2.45) is 28.6 Å². The van der Waals surface area contributed by atoms with E-state index in [0.29, 0.717) is 11.8 Å². The van der Waals surface area contributed by atoms with E-state index in [1.807, 2.05) is 0 Å². The summed E-state index contributed by atoms with van der Waals surface area (Å²) < 4.78 is 14.0. The molecule has 0 aromatic rings. The first-order valence-corrected chi connectivity index (χ1v) is 21.3. The fraction of sp³-hybridized carbons (Fsp3) is 0.938. The van der Waals surface area contributed by atoms with Crippen molar-refractivity contribution in [1.29, 1.82) is 0 Å². The van der Waals surface area contributed by atoms with Crippen LogP contribution in [0.3, 0.4) is 0 Å². The maximum Gasteiger partial charge on any atom is 0.192 e. The summed E-state index contributed by atoms with van der Waals surface area (Å²) in [5.74, 6) is 0.869. The van der Waals surface area contributed by atoms with Crippen LogP contribution in [-0.4, -0.2) is 51.3 Å². The van der Waals surface area contributed by atoms with E-state index < -0.39 is 22.2 Å². The smallest absolute Gasteiger partial charge is 0.192 e. The molecule has 8 atom stereocenters. The van der Waals surface area contributed by atoms with Crippen LogP contribution in [0.15, 0.2) is 11.6 Å². The van der Waals surface area contributed by atoms with Gasteiger partial charge in [-0.05, 0) is 104 Å². The highest BCUT2D eigenvalue weighted by Gasteiger charge is 2.65. The highest BCUT2D eigenvalue weighted by Crippen LogP contribution is 2.67. The number of rotatable bonds is 5. The summed E-state index contributed by atoms with van der Waals surface area (Å²) in [6, 6.07) is 0. The molecule has 0 bridgehead atoms. The molecule has 0 spiro atoms. The lowest BCUT2D eigenvalue weighted by Gasteiger charge is -2.62. The van der Waals surface area contributed by atoms with Gasteiger partial charge in [0.1, 0.15) is 5.60 Å². The zero-order chi connectivity index (χ0) is 28.7. The Morgan fingerprint density at radius 2 is 1.42 bits per heavy atom. The molecule has 0 radical (unpaired) electrons. The van der Waals surface area contributed by atoms with E-state index in [0.717, 1.165) is 44.9 Å². The number of hydrogen-bond acceptors (Lipinski definition) is 4.